The van der Waals surface area contributed by atoms with Gasteiger partial charge in [-0.3, -0.25) is 4.98 Å². The predicted octanol–water partition coefficient (Wildman–Crippen LogP) is 11.1. The van der Waals surface area contributed by atoms with Gasteiger partial charge in [-0.2, -0.15) is 0 Å². The lowest BCUT2D eigenvalue weighted by Gasteiger charge is -2.15. The van der Waals surface area contributed by atoms with Gasteiger partial charge in [-0.05, 0) is 73.4 Å². The van der Waals surface area contributed by atoms with Crippen LogP contribution in [-0.4, -0.2) is 24.9 Å². The minimum atomic E-state index is 0.568. The van der Waals surface area contributed by atoms with E-state index in [9.17, 15) is 0 Å². The van der Waals surface area contributed by atoms with Gasteiger partial charge >= 0.3 is 0 Å². The predicted molar refractivity (Wildman–Crippen MR) is 205 cm³/mol. The molecule has 7 aromatic carbocycles. The van der Waals surface area contributed by atoms with E-state index in [2.05, 4.69) is 132 Å². The number of rotatable bonds is 4. The maximum absolute atomic E-state index is 5.24. The zero-order chi connectivity index (χ0) is 33.0. The molecule has 0 aliphatic heterocycles. The highest BCUT2D eigenvalue weighted by Gasteiger charge is 2.17. The van der Waals surface area contributed by atoms with Gasteiger partial charge in [0.05, 0.1) is 22.5 Å². The van der Waals surface area contributed by atoms with Crippen LogP contribution in [0.25, 0.3) is 99.3 Å². The van der Waals surface area contributed by atoms with E-state index in [0.29, 0.717) is 11.6 Å². The van der Waals surface area contributed by atoms with Crippen molar-refractivity contribution in [2.24, 2.45) is 0 Å². The maximum atomic E-state index is 5.24. The number of nitrogens with zero attached hydrogens (tertiary/aromatic N) is 5. The molecule has 5 heteroatoms. The van der Waals surface area contributed by atoms with Gasteiger partial charge in [0.1, 0.15) is 0 Å². The third kappa shape index (κ3) is 4.67. The number of hydrogen-bond acceptors (Lipinski definition) is 5. The molecule has 0 aliphatic rings. The van der Waals surface area contributed by atoms with Crippen molar-refractivity contribution in [1.29, 1.82) is 0 Å². The lowest BCUT2D eigenvalue weighted by molar-refractivity contribution is 1.13. The van der Waals surface area contributed by atoms with Gasteiger partial charge < -0.3 is 0 Å². The fraction of sp³-hybridized carbons (Fsp3) is 0. The highest BCUT2D eigenvalue weighted by molar-refractivity contribution is 6.15. The second-order valence-corrected chi connectivity index (χ2v) is 12.5. The number of pyridine rings is 1. The molecular formula is C45H27N5. The Kier molecular flexibility index (Phi) is 6.42. The summed E-state index contributed by atoms with van der Waals surface area (Å²) in [4.78, 5) is 24.6. The topological polar surface area (TPSA) is 64.5 Å². The molecule has 0 spiro atoms. The third-order valence-corrected chi connectivity index (χ3v) is 9.59. The summed E-state index contributed by atoms with van der Waals surface area (Å²) in [5, 5.41) is 10.5. The standard InChI is InChI=1S/C45H27N5/c1-3-13-33-29(10-1)22-39(37-17-7-5-15-35(33)37)42-25-43(40-23-30-11-2-4-14-34(30)36-16-6-8-18-38(36)40)50-45(49-42)32-26-47-44(48-27-32)31-20-19-28-12-9-21-46-41(28)24-31/h1-27H. The summed E-state index contributed by atoms with van der Waals surface area (Å²) < 4.78 is 0. The number of benzene rings is 7. The van der Waals surface area contributed by atoms with Crippen molar-refractivity contribution in [3.05, 3.63) is 164 Å². The summed E-state index contributed by atoms with van der Waals surface area (Å²) in [6, 6.07) is 50.9. The summed E-state index contributed by atoms with van der Waals surface area (Å²) in [7, 11) is 0. The SMILES string of the molecule is c1cnc2cc(-c3ncc(-c4nc(-c5cc6ccccc6c6ccccc56)cc(-c5cc6ccccc6c6ccccc56)n4)cn3)ccc2c1. The molecule has 0 N–H and O–H groups in total. The van der Waals surface area contributed by atoms with E-state index in [0.717, 1.165) is 66.1 Å². The van der Waals surface area contributed by atoms with E-state index in [1.165, 1.54) is 21.5 Å². The summed E-state index contributed by atoms with van der Waals surface area (Å²) in [6.07, 6.45) is 5.45. The van der Waals surface area contributed by atoms with Crippen molar-refractivity contribution in [1.82, 2.24) is 24.9 Å². The van der Waals surface area contributed by atoms with E-state index in [4.69, 9.17) is 19.9 Å². The summed E-state index contributed by atoms with van der Waals surface area (Å²) in [5.74, 6) is 1.19. The summed E-state index contributed by atoms with van der Waals surface area (Å²) >= 11 is 0. The largest absolute Gasteiger partial charge is 0.256 e. The number of hydrogen-bond donors (Lipinski definition) is 0. The third-order valence-electron chi connectivity index (χ3n) is 9.59. The van der Waals surface area contributed by atoms with Crippen molar-refractivity contribution >= 4 is 54.0 Å². The lowest BCUT2D eigenvalue weighted by atomic mass is 9.93. The van der Waals surface area contributed by atoms with Crippen molar-refractivity contribution in [2.45, 2.75) is 0 Å². The Bertz CT molecular complexity index is 2800. The van der Waals surface area contributed by atoms with Crippen LogP contribution < -0.4 is 0 Å². The first-order valence-corrected chi connectivity index (χ1v) is 16.7. The molecule has 0 saturated heterocycles. The second kappa shape index (κ2) is 11.4. The van der Waals surface area contributed by atoms with Gasteiger partial charge in [0.25, 0.3) is 0 Å². The molecule has 0 radical (unpaired) electrons. The molecule has 0 bridgehead atoms. The molecule has 0 atom stereocenters. The van der Waals surface area contributed by atoms with Gasteiger partial charge in [-0.1, -0.05) is 115 Å². The highest BCUT2D eigenvalue weighted by atomic mass is 14.9. The maximum Gasteiger partial charge on any atom is 0.163 e. The van der Waals surface area contributed by atoms with Crippen LogP contribution in [0.3, 0.4) is 0 Å². The monoisotopic (exact) mass is 637 g/mol. The Balaban J connectivity index is 1.21. The van der Waals surface area contributed by atoms with Gasteiger partial charge in [-0.15, -0.1) is 0 Å². The van der Waals surface area contributed by atoms with Gasteiger partial charge in [0.15, 0.2) is 11.6 Å². The Hall–Kier alpha value is -6.85. The van der Waals surface area contributed by atoms with E-state index < -0.39 is 0 Å². The molecule has 10 rings (SSSR count). The van der Waals surface area contributed by atoms with Crippen LogP contribution >= 0.6 is 0 Å². The summed E-state index contributed by atoms with van der Waals surface area (Å²) in [5.41, 5.74) is 6.34. The molecule has 3 aromatic heterocycles. The van der Waals surface area contributed by atoms with Crippen LogP contribution in [0, 0.1) is 0 Å². The molecule has 5 nitrogen and oxygen atoms in total. The number of aromatic nitrogens is 5. The minimum Gasteiger partial charge on any atom is -0.256 e. The highest BCUT2D eigenvalue weighted by Crippen LogP contribution is 2.39. The van der Waals surface area contributed by atoms with Crippen LogP contribution in [0.2, 0.25) is 0 Å². The molecule has 0 fully saturated rings. The van der Waals surface area contributed by atoms with E-state index >= 15 is 0 Å². The van der Waals surface area contributed by atoms with Gasteiger partial charge in [0.2, 0.25) is 0 Å². The van der Waals surface area contributed by atoms with Crippen LogP contribution in [0.1, 0.15) is 0 Å². The molecule has 0 amide bonds. The average molecular weight is 638 g/mol. The van der Waals surface area contributed by atoms with Crippen LogP contribution in [-0.2, 0) is 0 Å². The van der Waals surface area contributed by atoms with Crippen LogP contribution in [0.4, 0.5) is 0 Å². The fourth-order valence-corrected chi connectivity index (χ4v) is 7.18. The second-order valence-electron chi connectivity index (χ2n) is 12.5. The van der Waals surface area contributed by atoms with Crippen LogP contribution in [0.15, 0.2) is 164 Å². The first-order chi connectivity index (χ1) is 24.8. The lowest BCUT2D eigenvalue weighted by Crippen LogP contribution is -1.99. The van der Waals surface area contributed by atoms with Gasteiger partial charge in [0, 0.05) is 40.7 Å². The molecular weight excluding hydrogens is 611 g/mol. The van der Waals surface area contributed by atoms with Crippen molar-refractivity contribution in [2.75, 3.05) is 0 Å². The van der Waals surface area contributed by atoms with Crippen molar-refractivity contribution in [3.8, 4) is 45.3 Å². The molecule has 0 saturated carbocycles. The zero-order valence-electron chi connectivity index (χ0n) is 26.8. The normalized spacial score (nSPS) is 11.6. The van der Waals surface area contributed by atoms with Crippen LogP contribution in [0.5, 0.6) is 0 Å². The molecule has 0 aliphatic carbocycles. The van der Waals surface area contributed by atoms with Crippen molar-refractivity contribution in [3.63, 3.8) is 0 Å². The quantitative estimate of drug-likeness (QED) is 0.180. The molecule has 3 heterocycles. The minimum absolute atomic E-state index is 0.568. The number of fused-ring (bicyclic) bond motifs is 7. The first-order valence-electron chi connectivity index (χ1n) is 16.7. The Labute approximate surface area is 287 Å². The van der Waals surface area contributed by atoms with E-state index in [-0.39, 0.29) is 0 Å². The van der Waals surface area contributed by atoms with Gasteiger partial charge in [-0.25, -0.2) is 19.9 Å². The zero-order valence-corrected chi connectivity index (χ0v) is 26.8. The molecule has 50 heavy (non-hydrogen) atoms. The van der Waals surface area contributed by atoms with E-state index in [1.807, 2.05) is 30.6 Å². The summed E-state index contributed by atoms with van der Waals surface area (Å²) in [6.45, 7) is 0. The molecule has 10 aromatic rings. The Morgan fingerprint density at radius 1 is 0.340 bits per heavy atom. The smallest absolute Gasteiger partial charge is 0.163 e. The molecule has 232 valence electrons. The fourth-order valence-electron chi connectivity index (χ4n) is 7.18. The Morgan fingerprint density at radius 2 is 0.860 bits per heavy atom. The van der Waals surface area contributed by atoms with E-state index in [1.54, 1.807) is 6.20 Å². The average Bonchev–Trinajstić information content (AvgIpc) is 3.20. The van der Waals surface area contributed by atoms with Crippen molar-refractivity contribution < 1.29 is 0 Å². The molecule has 0 unspecified atom stereocenters. The first kappa shape index (κ1) is 28.2. The Morgan fingerprint density at radius 3 is 1.46 bits per heavy atom.